The van der Waals surface area contributed by atoms with E-state index in [4.69, 9.17) is 14.2 Å². The van der Waals surface area contributed by atoms with Crippen molar-refractivity contribution in [1.29, 1.82) is 0 Å². The van der Waals surface area contributed by atoms with E-state index in [1.807, 2.05) is 36.4 Å². The molecule has 2 amide bonds. The lowest BCUT2D eigenvalue weighted by atomic mass is 10.1. The van der Waals surface area contributed by atoms with Crippen LogP contribution in [-0.4, -0.2) is 68.7 Å². The molecule has 3 aromatic carbocycles. The predicted molar refractivity (Wildman–Crippen MR) is 142 cm³/mol. The Kier molecular flexibility index (Phi) is 9.45. The van der Waals surface area contributed by atoms with Gasteiger partial charge < -0.3 is 24.4 Å². The molecule has 3 aromatic rings. The molecular weight excluding hydrogens is 508 g/mol. The minimum Gasteiger partial charge on any atom is -0.497 e. The summed E-state index contributed by atoms with van der Waals surface area (Å²) in [6.45, 7) is 2.89. The molecule has 39 heavy (non-hydrogen) atoms. The van der Waals surface area contributed by atoms with Gasteiger partial charge >= 0.3 is 12.0 Å². The van der Waals surface area contributed by atoms with Gasteiger partial charge in [0.25, 0.3) is 0 Å². The van der Waals surface area contributed by atoms with Gasteiger partial charge in [-0.2, -0.15) is 0 Å². The molecule has 0 radical (unpaired) electrons. The number of piperazine rings is 1. The average molecular weight is 540 g/mol. The van der Waals surface area contributed by atoms with Crippen LogP contribution in [0.4, 0.5) is 19.3 Å². The molecule has 1 aliphatic heterocycles. The first kappa shape index (κ1) is 28.0. The second-order valence-electron chi connectivity index (χ2n) is 9.11. The van der Waals surface area contributed by atoms with E-state index in [0.717, 1.165) is 35.1 Å². The van der Waals surface area contributed by atoms with Crippen LogP contribution in [0.1, 0.15) is 27.6 Å². The van der Waals surface area contributed by atoms with Gasteiger partial charge in [0.05, 0.1) is 38.2 Å². The highest BCUT2D eigenvalue weighted by molar-refractivity contribution is 5.90. The maximum atomic E-state index is 13.9. The zero-order chi connectivity index (χ0) is 27.8. The van der Waals surface area contributed by atoms with Gasteiger partial charge in [0.15, 0.2) is 0 Å². The number of benzene rings is 3. The second kappa shape index (κ2) is 13.2. The van der Waals surface area contributed by atoms with E-state index in [1.165, 1.54) is 7.11 Å². The number of esters is 1. The molecule has 0 aliphatic carbocycles. The van der Waals surface area contributed by atoms with Crippen molar-refractivity contribution in [3.8, 4) is 5.75 Å². The smallest absolute Gasteiger partial charge is 0.337 e. The number of methoxy groups -OCH3 is 2. The third-order valence-electron chi connectivity index (χ3n) is 6.55. The van der Waals surface area contributed by atoms with Crippen molar-refractivity contribution in [1.82, 2.24) is 9.80 Å². The lowest BCUT2D eigenvalue weighted by Crippen LogP contribution is -2.50. The van der Waals surface area contributed by atoms with Crippen molar-refractivity contribution in [3.05, 3.63) is 95.1 Å². The van der Waals surface area contributed by atoms with Gasteiger partial charge in [-0.05, 0) is 47.5 Å². The highest BCUT2D eigenvalue weighted by Crippen LogP contribution is 2.25. The first-order chi connectivity index (χ1) is 18.9. The number of carbonyl (C=O) groups is 2. The molecule has 1 N–H and O–H groups in total. The Hall–Kier alpha value is -4.02. The Morgan fingerprint density at radius 1 is 0.949 bits per heavy atom. The van der Waals surface area contributed by atoms with Crippen molar-refractivity contribution in [3.63, 3.8) is 0 Å². The number of halogens is 2. The van der Waals surface area contributed by atoms with E-state index in [9.17, 15) is 18.4 Å². The fourth-order valence-electron chi connectivity index (χ4n) is 4.30. The number of urea groups is 1. The van der Waals surface area contributed by atoms with Crippen LogP contribution in [0.2, 0.25) is 0 Å². The van der Waals surface area contributed by atoms with Crippen LogP contribution in [0.25, 0.3) is 0 Å². The summed E-state index contributed by atoms with van der Waals surface area (Å²) in [5.41, 5.74) is 2.13. The second-order valence-corrected chi connectivity index (χ2v) is 9.11. The summed E-state index contributed by atoms with van der Waals surface area (Å²) in [6, 6.07) is 17.2. The number of hydrogen-bond acceptors (Lipinski definition) is 6. The van der Waals surface area contributed by atoms with Crippen molar-refractivity contribution in [2.24, 2.45) is 0 Å². The molecule has 0 bridgehead atoms. The van der Waals surface area contributed by atoms with E-state index < -0.39 is 23.6 Å². The summed E-state index contributed by atoms with van der Waals surface area (Å²) in [6.07, 6.45) is -0.290. The van der Waals surface area contributed by atoms with Gasteiger partial charge in [0.2, 0.25) is 0 Å². The normalized spacial score (nSPS) is 14.5. The standard InChI is InChI=1S/C29H31F2N3O5/c1-37-24-5-3-4-22(16-24)27(39-19-20-6-8-21(9-7-20)28(35)38-2)18-33-12-14-34(15-13-33)29(36)32-26-17-23(30)10-11-25(26)31/h3-11,16-17,27H,12-15,18-19H2,1-2H3,(H,32,36)/t27-/m1/s1. The van der Waals surface area contributed by atoms with E-state index in [1.54, 1.807) is 24.1 Å². The van der Waals surface area contributed by atoms with E-state index in [-0.39, 0.29) is 11.8 Å². The van der Waals surface area contributed by atoms with Gasteiger partial charge in [0, 0.05) is 38.8 Å². The monoisotopic (exact) mass is 539 g/mol. The van der Waals surface area contributed by atoms with Crippen LogP contribution >= 0.6 is 0 Å². The highest BCUT2D eigenvalue weighted by atomic mass is 19.1. The Morgan fingerprint density at radius 2 is 1.69 bits per heavy atom. The number of hydrogen-bond donors (Lipinski definition) is 1. The molecule has 0 unspecified atom stereocenters. The van der Waals surface area contributed by atoms with E-state index in [2.05, 4.69) is 10.2 Å². The molecule has 0 spiro atoms. The number of rotatable bonds is 9. The van der Waals surface area contributed by atoms with Crippen molar-refractivity contribution >= 4 is 17.7 Å². The van der Waals surface area contributed by atoms with Crippen LogP contribution in [0.5, 0.6) is 5.75 Å². The molecule has 0 aromatic heterocycles. The fraction of sp³-hybridized carbons (Fsp3) is 0.310. The highest BCUT2D eigenvalue weighted by Gasteiger charge is 2.25. The van der Waals surface area contributed by atoms with E-state index in [0.29, 0.717) is 44.9 Å². The molecule has 10 heteroatoms. The molecule has 1 heterocycles. The SMILES string of the molecule is COC(=O)c1ccc(CO[C@H](CN2CCN(C(=O)Nc3cc(F)ccc3F)CC2)c2cccc(OC)c2)cc1. The van der Waals surface area contributed by atoms with Gasteiger partial charge in [-0.3, -0.25) is 4.90 Å². The zero-order valence-corrected chi connectivity index (χ0v) is 21.9. The van der Waals surface area contributed by atoms with Crippen molar-refractivity contribution in [2.45, 2.75) is 12.7 Å². The average Bonchev–Trinajstić information content (AvgIpc) is 2.97. The minimum atomic E-state index is -0.693. The quantitative estimate of drug-likeness (QED) is 0.391. The molecule has 8 nitrogen and oxygen atoms in total. The van der Waals surface area contributed by atoms with E-state index >= 15 is 0 Å². The topological polar surface area (TPSA) is 80.3 Å². The maximum absolute atomic E-state index is 13.9. The number of anilines is 1. The van der Waals surface area contributed by atoms with Gasteiger partial charge in [0.1, 0.15) is 17.4 Å². The van der Waals surface area contributed by atoms with Gasteiger partial charge in [-0.25, -0.2) is 18.4 Å². The van der Waals surface area contributed by atoms with Gasteiger partial charge in [-0.15, -0.1) is 0 Å². The summed E-state index contributed by atoms with van der Waals surface area (Å²) in [4.78, 5) is 28.1. The number of carbonyl (C=O) groups excluding carboxylic acids is 2. The number of amides is 2. The lowest BCUT2D eigenvalue weighted by molar-refractivity contribution is 0.00582. The predicted octanol–water partition coefficient (Wildman–Crippen LogP) is 4.87. The number of nitrogens with one attached hydrogen (secondary N) is 1. The first-order valence-corrected chi connectivity index (χ1v) is 12.5. The summed E-state index contributed by atoms with van der Waals surface area (Å²) >= 11 is 0. The summed E-state index contributed by atoms with van der Waals surface area (Å²) in [5, 5.41) is 2.45. The molecule has 1 fully saturated rings. The lowest BCUT2D eigenvalue weighted by Gasteiger charge is -2.36. The third kappa shape index (κ3) is 7.52. The summed E-state index contributed by atoms with van der Waals surface area (Å²) in [5.74, 6) is -0.999. The molecule has 0 saturated carbocycles. The molecule has 1 aliphatic rings. The summed E-state index contributed by atoms with van der Waals surface area (Å²) < 4.78 is 43.9. The largest absolute Gasteiger partial charge is 0.497 e. The summed E-state index contributed by atoms with van der Waals surface area (Å²) in [7, 11) is 2.95. The van der Waals surface area contributed by atoms with Crippen LogP contribution < -0.4 is 10.1 Å². The Bertz CT molecular complexity index is 1280. The minimum absolute atomic E-state index is 0.187. The van der Waals surface area contributed by atoms with Crippen LogP contribution in [0.3, 0.4) is 0 Å². The third-order valence-corrected chi connectivity index (χ3v) is 6.55. The fourth-order valence-corrected chi connectivity index (χ4v) is 4.30. The Balaban J connectivity index is 1.38. The van der Waals surface area contributed by atoms with Crippen LogP contribution in [0.15, 0.2) is 66.7 Å². The molecular formula is C29H31F2N3O5. The maximum Gasteiger partial charge on any atom is 0.337 e. The number of nitrogens with zero attached hydrogens (tertiary/aromatic N) is 2. The van der Waals surface area contributed by atoms with Crippen LogP contribution in [0, 0.1) is 11.6 Å². The number of ether oxygens (including phenoxy) is 3. The zero-order valence-electron chi connectivity index (χ0n) is 21.9. The molecule has 1 saturated heterocycles. The molecule has 206 valence electrons. The molecule has 4 rings (SSSR count). The van der Waals surface area contributed by atoms with Crippen molar-refractivity contribution < 1.29 is 32.6 Å². The Morgan fingerprint density at radius 3 is 2.38 bits per heavy atom. The van der Waals surface area contributed by atoms with Gasteiger partial charge in [-0.1, -0.05) is 24.3 Å². The first-order valence-electron chi connectivity index (χ1n) is 12.5. The molecule has 1 atom stereocenters. The Labute approximate surface area is 226 Å². The van der Waals surface area contributed by atoms with Crippen LogP contribution in [-0.2, 0) is 16.1 Å². The van der Waals surface area contributed by atoms with Crippen molar-refractivity contribution in [2.75, 3.05) is 52.3 Å².